The van der Waals surface area contributed by atoms with Crippen LogP contribution in [0.25, 0.3) is 0 Å². The minimum absolute atomic E-state index is 0.237. The van der Waals surface area contributed by atoms with Crippen LogP contribution in [0.2, 0.25) is 0 Å². The van der Waals surface area contributed by atoms with Crippen molar-refractivity contribution in [1.29, 1.82) is 5.26 Å². The van der Waals surface area contributed by atoms with Gasteiger partial charge in [0.2, 0.25) is 0 Å². The molecule has 0 heterocycles. The Hall–Kier alpha value is -0.240. The van der Waals surface area contributed by atoms with Crippen LogP contribution in [0.15, 0.2) is 0 Å². The van der Waals surface area contributed by atoms with Gasteiger partial charge in [-0.05, 0) is 30.9 Å². The zero-order valence-electron chi connectivity index (χ0n) is 8.41. The molecule has 2 unspecified atom stereocenters. The van der Waals surface area contributed by atoms with Gasteiger partial charge in [0.05, 0.1) is 12.7 Å². The molecule has 2 atom stereocenters. The van der Waals surface area contributed by atoms with Gasteiger partial charge in [0.1, 0.15) is 5.54 Å². The molecule has 0 bridgehead atoms. The lowest BCUT2D eigenvalue weighted by Crippen LogP contribution is -2.41. The van der Waals surface area contributed by atoms with Gasteiger partial charge in [-0.1, -0.05) is 6.42 Å². The molecule has 0 amide bonds. The smallest absolute Gasteiger partial charge is 0.107 e. The third kappa shape index (κ3) is 2.88. The monoisotopic (exact) mass is 214 g/mol. The second-order valence-corrected chi connectivity index (χ2v) is 5.09. The Morgan fingerprint density at radius 2 is 2.36 bits per heavy atom. The predicted molar refractivity (Wildman–Crippen MR) is 58.9 cm³/mol. The number of nitriles is 1. The van der Waals surface area contributed by atoms with Crippen molar-refractivity contribution in [3.05, 3.63) is 0 Å². The van der Waals surface area contributed by atoms with Gasteiger partial charge < -0.3 is 10.8 Å². The van der Waals surface area contributed by atoms with Crippen LogP contribution < -0.4 is 5.73 Å². The number of hydrogen-bond donors (Lipinski definition) is 2. The van der Waals surface area contributed by atoms with E-state index in [9.17, 15) is 0 Å². The Morgan fingerprint density at radius 3 is 3.00 bits per heavy atom. The van der Waals surface area contributed by atoms with Crippen LogP contribution in [0.4, 0.5) is 0 Å². The number of hydrogen-bond acceptors (Lipinski definition) is 4. The molecule has 4 heteroatoms. The Morgan fingerprint density at radius 1 is 1.57 bits per heavy atom. The average molecular weight is 214 g/mol. The third-order valence-electron chi connectivity index (χ3n) is 2.93. The van der Waals surface area contributed by atoms with Gasteiger partial charge in [0, 0.05) is 5.75 Å². The van der Waals surface area contributed by atoms with E-state index in [-0.39, 0.29) is 6.61 Å². The maximum Gasteiger partial charge on any atom is 0.107 e. The molecule has 1 saturated carbocycles. The van der Waals surface area contributed by atoms with Crippen molar-refractivity contribution in [3.8, 4) is 6.07 Å². The molecule has 1 rings (SSSR count). The zero-order valence-corrected chi connectivity index (χ0v) is 9.22. The molecule has 3 nitrogen and oxygen atoms in total. The fourth-order valence-electron chi connectivity index (χ4n) is 2.04. The van der Waals surface area contributed by atoms with E-state index in [1.807, 2.05) is 0 Å². The van der Waals surface area contributed by atoms with E-state index >= 15 is 0 Å². The molecule has 14 heavy (non-hydrogen) atoms. The Bertz CT molecular complexity index is 217. The molecule has 3 N–H and O–H groups in total. The molecule has 80 valence electrons. The number of aliphatic hydroxyl groups excluding tert-OH is 1. The van der Waals surface area contributed by atoms with Gasteiger partial charge in [-0.25, -0.2) is 0 Å². The van der Waals surface area contributed by atoms with Gasteiger partial charge >= 0.3 is 0 Å². The van der Waals surface area contributed by atoms with Crippen molar-refractivity contribution in [2.75, 3.05) is 18.1 Å². The normalized spacial score (nSPS) is 31.6. The van der Waals surface area contributed by atoms with E-state index in [2.05, 4.69) is 6.07 Å². The summed E-state index contributed by atoms with van der Waals surface area (Å²) in [7, 11) is 0. The van der Waals surface area contributed by atoms with E-state index in [0.29, 0.717) is 5.92 Å². The largest absolute Gasteiger partial charge is 0.396 e. The van der Waals surface area contributed by atoms with Gasteiger partial charge in [-0.2, -0.15) is 17.0 Å². The summed E-state index contributed by atoms with van der Waals surface area (Å²) in [6, 6.07) is 2.25. The van der Waals surface area contributed by atoms with Gasteiger partial charge in [0.25, 0.3) is 0 Å². The highest BCUT2D eigenvalue weighted by molar-refractivity contribution is 7.99. The minimum Gasteiger partial charge on any atom is -0.396 e. The van der Waals surface area contributed by atoms with Crippen molar-refractivity contribution in [1.82, 2.24) is 0 Å². The summed E-state index contributed by atoms with van der Waals surface area (Å²) < 4.78 is 0. The van der Waals surface area contributed by atoms with E-state index < -0.39 is 5.54 Å². The van der Waals surface area contributed by atoms with Crippen molar-refractivity contribution in [3.63, 3.8) is 0 Å². The van der Waals surface area contributed by atoms with Gasteiger partial charge in [0.15, 0.2) is 0 Å². The lowest BCUT2D eigenvalue weighted by molar-refractivity contribution is 0.322. The van der Waals surface area contributed by atoms with Crippen LogP contribution in [-0.4, -0.2) is 28.8 Å². The zero-order chi connectivity index (χ0) is 10.4. The topological polar surface area (TPSA) is 70.0 Å². The average Bonchev–Trinajstić information content (AvgIpc) is 2.56. The molecule has 1 fully saturated rings. The van der Waals surface area contributed by atoms with Crippen LogP contribution in [0.1, 0.15) is 25.7 Å². The highest BCUT2D eigenvalue weighted by Crippen LogP contribution is 2.36. The van der Waals surface area contributed by atoms with Crippen molar-refractivity contribution in [2.24, 2.45) is 11.7 Å². The van der Waals surface area contributed by atoms with Crippen molar-refractivity contribution < 1.29 is 5.11 Å². The molecule has 0 radical (unpaired) electrons. The Kier molecular flexibility index (Phi) is 4.73. The summed E-state index contributed by atoms with van der Waals surface area (Å²) in [6.07, 6.45) is 4.02. The summed E-state index contributed by atoms with van der Waals surface area (Å²) in [5, 5.41) is 17.6. The molecular formula is C10H18N2OS. The van der Waals surface area contributed by atoms with Crippen LogP contribution in [-0.2, 0) is 0 Å². The van der Waals surface area contributed by atoms with Crippen LogP contribution in [0, 0.1) is 17.2 Å². The first-order chi connectivity index (χ1) is 6.73. The first-order valence-corrected chi connectivity index (χ1v) is 6.27. The van der Waals surface area contributed by atoms with E-state index in [1.165, 1.54) is 0 Å². The summed E-state index contributed by atoms with van der Waals surface area (Å²) in [5.74, 6) is 2.15. The standard InChI is InChI=1S/C10H18N2OS/c11-8-10(12)4-1-2-9(10)3-6-14-7-5-13/h9,13H,1-7,12H2. The van der Waals surface area contributed by atoms with Crippen LogP contribution in [0.5, 0.6) is 0 Å². The number of rotatable bonds is 5. The second kappa shape index (κ2) is 5.59. The van der Waals surface area contributed by atoms with Crippen molar-refractivity contribution in [2.45, 2.75) is 31.2 Å². The lowest BCUT2D eigenvalue weighted by Gasteiger charge is -2.23. The molecular weight excluding hydrogens is 196 g/mol. The first-order valence-electron chi connectivity index (χ1n) is 5.11. The quantitative estimate of drug-likeness (QED) is 0.673. The molecule has 1 aliphatic carbocycles. The van der Waals surface area contributed by atoms with Crippen LogP contribution in [0.3, 0.4) is 0 Å². The molecule has 0 spiro atoms. The fraction of sp³-hybridized carbons (Fsp3) is 0.900. The molecule has 0 aromatic heterocycles. The summed E-state index contributed by atoms with van der Waals surface area (Å²) in [5.41, 5.74) is 5.43. The number of nitrogens with two attached hydrogens (primary N) is 1. The highest BCUT2D eigenvalue weighted by atomic mass is 32.2. The van der Waals surface area contributed by atoms with Gasteiger partial charge in [-0.15, -0.1) is 0 Å². The highest BCUT2D eigenvalue weighted by Gasteiger charge is 2.38. The lowest BCUT2D eigenvalue weighted by atomic mass is 9.88. The molecule has 0 aromatic rings. The second-order valence-electron chi connectivity index (χ2n) is 3.87. The Balaban J connectivity index is 2.27. The van der Waals surface area contributed by atoms with E-state index in [0.717, 1.165) is 37.2 Å². The van der Waals surface area contributed by atoms with Gasteiger partial charge in [-0.3, -0.25) is 0 Å². The molecule has 1 aliphatic rings. The number of thioether (sulfide) groups is 1. The Labute approximate surface area is 89.7 Å². The maximum absolute atomic E-state index is 8.98. The SMILES string of the molecule is N#CC1(N)CCCC1CCSCCO. The van der Waals surface area contributed by atoms with E-state index in [4.69, 9.17) is 16.1 Å². The number of aliphatic hydroxyl groups is 1. The molecule has 0 aliphatic heterocycles. The third-order valence-corrected chi connectivity index (χ3v) is 3.92. The van der Waals surface area contributed by atoms with Crippen molar-refractivity contribution >= 4 is 11.8 Å². The minimum atomic E-state index is -0.570. The first kappa shape index (κ1) is 11.8. The fourth-order valence-corrected chi connectivity index (χ4v) is 2.83. The summed E-state index contributed by atoms with van der Waals surface area (Å²) >= 11 is 1.74. The maximum atomic E-state index is 8.98. The number of nitrogens with zero attached hydrogens (tertiary/aromatic N) is 1. The summed E-state index contributed by atoms with van der Waals surface area (Å²) in [4.78, 5) is 0. The molecule has 0 saturated heterocycles. The summed E-state index contributed by atoms with van der Waals surface area (Å²) in [6.45, 7) is 0.237. The van der Waals surface area contributed by atoms with E-state index in [1.54, 1.807) is 11.8 Å². The molecule has 0 aromatic carbocycles. The van der Waals surface area contributed by atoms with Crippen LogP contribution >= 0.6 is 11.8 Å². The predicted octanol–water partition coefficient (Wildman–Crippen LogP) is 1.12.